The van der Waals surface area contributed by atoms with Crippen molar-refractivity contribution in [2.75, 3.05) is 20.3 Å². The third-order valence-electron chi connectivity index (χ3n) is 2.61. The summed E-state index contributed by atoms with van der Waals surface area (Å²) in [6.07, 6.45) is 6.32. The minimum absolute atomic E-state index is 0.0677. The molecule has 0 amide bonds. The molecule has 0 aromatic rings. The minimum Gasteiger partial charge on any atom is -0.501 e. The molecule has 17 heavy (non-hydrogen) atoms. The summed E-state index contributed by atoms with van der Waals surface area (Å²) in [6, 6.07) is 0. The molecule has 1 rings (SSSR count). The Morgan fingerprint density at radius 2 is 2.35 bits per heavy atom. The van der Waals surface area contributed by atoms with Gasteiger partial charge in [0.05, 0.1) is 19.5 Å². The number of methoxy groups -OCH3 is 1. The van der Waals surface area contributed by atoms with Gasteiger partial charge in [0, 0.05) is 19.4 Å². The summed E-state index contributed by atoms with van der Waals surface area (Å²) in [4.78, 5) is 10.4. The first-order valence-electron chi connectivity index (χ1n) is 5.51. The van der Waals surface area contributed by atoms with E-state index < -0.39 is 11.6 Å². The third-order valence-corrected chi connectivity index (χ3v) is 2.61. The van der Waals surface area contributed by atoms with Gasteiger partial charge in [0.2, 0.25) is 0 Å². The lowest BCUT2D eigenvalue weighted by molar-refractivity contribution is -0.137. The first kappa shape index (κ1) is 13.7. The Kier molecular flexibility index (Phi) is 5.18. The van der Waals surface area contributed by atoms with Gasteiger partial charge in [-0.15, -0.1) is 0 Å². The van der Waals surface area contributed by atoms with E-state index in [1.165, 1.54) is 0 Å². The van der Waals surface area contributed by atoms with E-state index in [0.717, 1.165) is 5.76 Å². The standard InChI is InChI=1S/C12H18O5/c1-16-10-4-2-6-12(8-10,9-13)17-7-3-5-11(14)15/h2,4,6,13H,3,5,7-9H2,1H3,(H,14,15). The molecule has 0 aromatic heterocycles. The molecule has 1 aliphatic carbocycles. The number of aliphatic carboxylic acids is 1. The largest absolute Gasteiger partial charge is 0.501 e. The molecular weight excluding hydrogens is 224 g/mol. The fraction of sp³-hybridized carbons (Fsp3) is 0.583. The number of aliphatic hydroxyl groups excluding tert-OH is 1. The highest BCUT2D eigenvalue weighted by molar-refractivity contribution is 5.66. The number of allylic oxidation sites excluding steroid dienone is 2. The SMILES string of the molecule is COC1=CC=CC(CO)(OCCCC(=O)O)C1. The lowest BCUT2D eigenvalue weighted by atomic mass is 9.94. The van der Waals surface area contributed by atoms with Gasteiger partial charge in [-0.3, -0.25) is 4.79 Å². The summed E-state index contributed by atoms with van der Waals surface area (Å²) in [5.74, 6) is -0.108. The van der Waals surface area contributed by atoms with E-state index in [1.54, 1.807) is 19.3 Å². The molecule has 96 valence electrons. The zero-order valence-electron chi connectivity index (χ0n) is 9.89. The van der Waals surface area contributed by atoms with Crippen LogP contribution in [-0.2, 0) is 14.3 Å². The maximum Gasteiger partial charge on any atom is 0.303 e. The second kappa shape index (κ2) is 6.42. The highest BCUT2D eigenvalue weighted by Gasteiger charge is 2.30. The van der Waals surface area contributed by atoms with Crippen molar-refractivity contribution in [1.29, 1.82) is 0 Å². The first-order chi connectivity index (χ1) is 8.12. The van der Waals surface area contributed by atoms with Crippen LogP contribution in [0.5, 0.6) is 0 Å². The third kappa shape index (κ3) is 4.20. The first-order valence-corrected chi connectivity index (χ1v) is 5.51. The van der Waals surface area contributed by atoms with Crippen molar-refractivity contribution in [1.82, 2.24) is 0 Å². The van der Waals surface area contributed by atoms with Crippen LogP contribution in [-0.4, -0.2) is 42.1 Å². The predicted molar refractivity (Wildman–Crippen MR) is 61.5 cm³/mol. The van der Waals surface area contributed by atoms with E-state index in [9.17, 15) is 9.90 Å². The average molecular weight is 242 g/mol. The molecule has 0 saturated carbocycles. The molecule has 0 fully saturated rings. The molecule has 0 aliphatic heterocycles. The number of ether oxygens (including phenoxy) is 2. The summed E-state index contributed by atoms with van der Waals surface area (Å²) in [5, 5.41) is 17.9. The quantitative estimate of drug-likeness (QED) is 0.653. The van der Waals surface area contributed by atoms with E-state index in [0.29, 0.717) is 19.4 Å². The molecule has 0 aromatic carbocycles. The zero-order valence-corrected chi connectivity index (χ0v) is 9.89. The maximum absolute atomic E-state index is 10.4. The Morgan fingerprint density at radius 1 is 1.59 bits per heavy atom. The van der Waals surface area contributed by atoms with Crippen LogP contribution >= 0.6 is 0 Å². The number of rotatable bonds is 7. The molecule has 1 atom stereocenters. The smallest absolute Gasteiger partial charge is 0.303 e. The van der Waals surface area contributed by atoms with Crippen LogP contribution in [0.1, 0.15) is 19.3 Å². The van der Waals surface area contributed by atoms with Crippen molar-refractivity contribution in [2.45, 2.75) is 24.9 Å². The van der Waals surface area contributed by atoms with Gasteiger partial charge in [0.1, 0.15) is 5.60 Å². The van der Waals surface area contributed by atoms with Crippen molar-refractivity contribution in [3.05, 3.63) is 24.0 Å². The van der Waals surface area contributed by atoms with Crippen molar-refractivity contribution in [3.8, 4) is 0 Å². The molecule has 0 saturated heterocycles. The van der Waals surface area contributed by atoms with Gasteiger partial charge in [-0.2, -0.15) is 0 Å². The highest BCUT2D eigenvalue weighted by atomic mass is 16.5. The monoisotopic (exact) mass is 242 g/mol. The molecule has 1 aliphatic rings. The van der Waals surface area contributed by atoms with Gasteiger partial charge in [-0.25, -0.2) is 0 Å². The molecule has 5 heteroatoms. The topological polar surface area (TPSA) is 76.0 Å². The molecule has 5 nitrogen and oxygen atoms in total. The van der Waals surface area contributed by atoms with Gasteiger partial charge in [-0.1, -0.05) is 6.08 Å². The van der Waals surface area contributed by atoms with Gasteiger partial charge in [0.15, 0.2) is 0 Å². The fourth-order valence-corrected chi connectivity index (χ4v) is 1.64. The van der Waals surface area contributed by atoms with E-state index in [-0.39, 0.29) is 13.0 Å². The predicted octanol–water partition coefficient (Wildman–Crippen LogP) is 1.09. The number of aliphatic hydroxyl groups is 1. The number of carbonyl (C=O) groups is 1. The molecule has 1 unspecified atom stereocenters. The summed E-state index contributed by atoms with van der Waals surface area (Å²) < 4.78 is 10.7. The summed E-state index contributed by atoms with van der Waals surface area (Å²) in [5.41, 5.74) is -0.779. The van der Waals surface area contributed by atoms with Crippen LogP contribution < -0.4 is 0 Å². The van der Waals surface area contributed by atoms with E-state index in [1.807, 2.05) is 6.08 Å². The number of carboxylic acids is 1. The summed E-state index contributed by atoms with van der Waals surface area (Å²) in [7, 11) is 1.57. The van der Waals surface area contributed by atoms with Crippen molar-refractivity contribution in [3.63, 3.8) is 0 Å². The Morgan fingerprint density at radius 3 is 2.94 bits per heavy atom. The Labute approximate surface area is 100 Å². The Balaban J connectivity index is 2.45. The Hall–Kier alpha value is -1.33. The molecule has 0 bridgehead atoms. The Bertz CT molecular complexity index is 321. The summed E-state index contributed by atoms with van der Waals surface area (Å²) in [6.45, 7) is 0.144. The number of hydrogen-bond acceptors (Lipinski definition) is 4. The molecule has 2 N–H and O–H groups in total. The van der Waals surface area contributed by atoms with Crippen molar-refractivity contribution in [2.24, 2.45) is 0 Å². The van der Waals surface area contributed by atoms with Crippen molar-refractivity contribution >= 4 is 5.97 Å². The fourth-order valence-electron chi connectivity index (χ4n) is 1.64. The summed E-state index contributed by atoms with van der Waals surface area (Å²) >= 11 is 0. The van der Waals surface area contributed by atoms with E-state index in [2.05, 4.69) is 0 Å². The van der Waals surface area contributed by atoms with Crippen LogP contribution in [0.3, 0.4) is 0 Å². The minimum atomic E-state index is -0.844. The van der Waals surface area contributed by atoms with Gasteiger partial charge >= 0.3 is 5.97 Å². The second-order valence-corrected chi connectivity index (χ2v) is 3.94. The van der Waals surface area contributed by atoms with Crippen LogP contribution in [0.2, 0.25) is 0 Å². The second-order valence-electron chi connectivity index (χ2n) is 3.94. The van der Waals surface area contributed by atoms with Crippen LogP contribution in [0.4, 0.5) is 0 Å². The van der Waals surface area contributed by atoms with Crippen LogP contribution in [0, 0.1) is 0 Å². The molecular formula is C12H18O5. The average Bonchev–Trinajstić information content (AvgIpc) is 2.35. The van der Waals surface area contributed by atoms with E-state index in [4.69, 9.17) is 14.6 Å². The number of carboxylic acid groups (broad SMARTS) is 1. The van der Waals surface area contributed by atoms with Crippen LogP contribution in [0.15, 0.2) is 24.0 Å². The molecule has 0 heterocycles. The molecule has 0 radical (unpaired) electrons. The normalized spacial score (nSPS) is 23.3. The lowest BCUT2D eigenvalue weighted by Crippen LogP contribution is -2.37. The van der Waals surface area contributed by atoms with Gasteiger partial charge < -0.3 is 19.7 Å². The van der Waals surface area contributed by atoms with Crippen LogP contribution in [0.25, 0.3) is 0 Å². The van der Waals surface area contributed by atoms with Gasteiger partial charge in [-0.05, 0) is 18.6 Å². The highest BCUT2D eigenvalue weighted by Crippen LogP contribution is 2.27. The molecule has 0 spiro atoms. The maximum atomic E-state index is 10.4. The van der Waals surface area contributed by atoms with E-state index >= 15 is 0 Å². The zero-order chi connectivity index (χ0) is 12.7. The van der Waals surface area contributed by atoms with Gasteiger partial charge in [0.25, 0.3) is 0 Å². The lowest BCUT2D eigenvalue weighted by Gasteiger charge is -2.31. The number of hydrogen-bond donors (Lipinski definition) is 2. The van der Waals surface area contributed by atoms with Crippen molar-refractivity contribution < 1.29 is 24.5 Å².